The monoisotopic (exact) mass is 253 g/mol. The molecule has 0 aliphatic carbocycles. The van der Waals surface area contributed by atoms with Crippen LogP contribution in [-0.2, 0) is 6.42 Å². The van der Waals surface area contributed by atoms with Crippen molar-refractivity contribution in [3.63, 3.8) is 0 Å². The van der Waals surface area contributed by atoms with Crippen molar-refractivity contribution in [2.75, 3.05) is 6.54 Å². The zero-order valence-corrected chi connectivity index (χ0v) is 12.8. The van der Waals surface area contributed by atoms with E-state index in [1.165, 1.54) is 24.8 Å². The highest BCUT2D eigenvalue weighted by Crippen LogP contribution is 2.25. The zero-order chi connectivity index (χ0) is 12.9. The molecule has 0 aromatic carbocycles. The van der Waals surface area contributed by atoms with E-state index in [1.807, 2.05) is 11.3 Å². The lowest BCUT2D eigenvalue weighted by molar-refractivity contribution is 0.255. The van der Waals surface area contributed by atoms with Crippen LogP contribution in [0.2, 0.25) is 0 Å². The van der Waals surface area contributed by atoms with E-state index in [2.05, 4.69) is 51.4 Å². The van der Waals surface area contributed by atoms with Gasteiger partial charge in [0, 0.05) is 10.9 Å². The Bertz CT molecular complexity index is 322. The maximum Gasteiger partial charge on any atom is 0.0119 e. The van der Waals surface area contributed by atoms with Crippen molar-refractivity contribution < 1.29 is 0 Å². The predicted octanol–water partition coefficient (Wildman–Crippen LogP) is 4.40. The average Bonchev–Trinajstić information content (AvgIpc) is 2.62. The SMILES string of the molecule is CCCNC(CCc1sccc1C)C(C)(C)C. The van der Waals surface area contributed by atoms with Gasteiger partial charge in [0.25, 0.3) is 0 Å². The van der Waals surface area contributed by atoms with Gasteiger partial charge in [-0.1, -0.05) is 27.7 Å². The van der Waals surface area contributed by atoms with Gasteiger partial charge in [0.2, 0.25) is 0 Å². The molecule has 2 heteroatoms. The van der Waals surface area contributed by atoms with Crippen LogP contribution in [0.5, 0.6) is 0 Å². The standard InChI is InChI=1S/C15H27NS/c1-6-10-16-14(15(3,4)5)8-7-13-12(2)9-11-17-13/h9,11,14,16H,6-8,10H2,1-5H3. The molecule has 0 saturated carbocycles. The van der Waals surface area contributed by atoms with Crippen LogP contribution in [0.25, 0.3) is 0 Å². The molecule has 0 radical (unpaired) electrons. The third-order valence-corrected chi connectivity index (χ3v) is 4.40. The lowest BCUT2D eigenvalue weighted by atomic mass is 9.83. The minimum absolute atomic E-state index is 0.348. The molecule has 98 valence electrons. The van der Waals surface area contributed by atoms with Gasteiger partial charge in [0.1, 0.15) is 0 Å². The first kappa shape index (κ1) is 14.7. The Kier molecular flexibility index (Phi) is 5.68. The number of thiophene rings is 1. The fraction of sp³-hybridized carbons (Fsp3) is 0.733. The summed E-state index contributed by atoms with van der Waals surface area (Å²) in [5, 5.41) is 5.90. The van der Waals surface area contributed by atoms with E-state index >= 15 is 0 Å². The normalized spacial score (nSPS) is 13.9. The Morgan fingerprint density at radius 1 is 1.35 bits per heavy atom. The van der Waals surface area contributed by atoms with Crippen molar-refractivity contribution in [3.05, 3.63) is 21.9 Å². The van der Waals surface area contributed by atoms with Crippen molar-refractivity contribution in [3.8, 4) is 0 Å². The quantitative estimate of drug-likeness (QED) is 0.792. The molecule has 1 aromatic heterocycles. The molecule has 0 bridgehead atoms. The lowest BCUT2D eigenvalue weighted by Crippen LogP contribution is -2.41. The average molecular weight is 253 g/mol. The fourth-order valence-electron chi connectivity index (χ4n) is 2.10. The molecule has 0 spiro atoms. The van der Waals surface area contributed by atoms with Crippen LogP contribution in [0.1, 0.15) is 51.0 Å². The van der Waals surface area contributed by atoms with Crippen molar-refractivity contribution in [1.82, 2.24) is 5.32 Å². The zero-order valence-electron chi connectivity index (χ0n) is 12.0. The molecular formula is C15H27NS. The summed E-state index contributed by atoms with van der Waals surface area (Å²) in [6.07, 6.45) is 3.66. The molecule has 0 saturated heterocycles. The molecule has 0 amide bonds. The highest BCUT2D eigenvalue weighted by Gasteiger charge is 2.23. The minimum Gasteiger partial charge on any atom is -0.313 e. The van der Waals surface area contributed by atoms with Crippen LogP contribution >= 0.6 is 11.3 Å². The second-order valence-corrected chi connectivity index (χ2v) is 6.94. The van der Waals surface area contributed by atoms with Gasteiger partial charge in [-0.15, -0.1) is 11.3 Å². The summed E-state index contributed by atoms with van der Waals surface area (Å²) < 4.78 is 0. The largest absolute Gasteiger partial charge is 0.313 e. The Morgan fingerprint density at radius 2 is 2.06 bits per heavy atom. The first-order valence-corrected chi connectivity index (χ1v) is 7.59. The van der Waals surface area contributed by atoms with E-state index < -0.39 is 0 Å². The maximum atomic E-state index is 3.70. The van der Waals surface area contributed by atoms with E-state index in [-0.39, 0.29) is 0 Å². The van der Waals surface area contributed by atoms with Crippen LogP contribution in [0, 0.1) is 12.3 Å². The van der Waals surface area contributed by atoms with Crippen molar-refractivity contribution in [2.24, 2.45) is 5.41 Å². The van der Waals surface area contributed by atoms with Gasteiger partial charge in [-0.3, -0.25) is 0 Å². The Balaban J connectivity index is 2.52. The maximum absolute atomic E-state index is 3.70. The van der Waals surface area contributed by atoms with Gasteiger partial charge >= 0.3 is 0 Å². The van der Waals surface area contributed by atoms with E-state index in [0.29, 0.717) is 11.5 Å². The fourth-order valence-corrected chi connectivity index (χ4v) is 3.02. The number of rotatable bonds is 6. The van der Waals surface area contributed by atoms with Crippen LogP contribution in [0.3, 0.4) is 0 Å². The van der Waals surface area contributed by atoms with E-state index in [0.717, 1.165) is 6.54 Å². The molecule has 1 rings (SSSR count). The van der Waals surface area contributed by atoms with Crippen LogP contribution in [-0.4, -0.2) is 12.6 Å². The second kappa shape index (κ2) is 6.55. The second-order valence-electron chi connectivity index (χ2n) is 5.94. The van der Waals surface area contributed by atoms with Crippen LogP contribution in [0.15, 0.2) is 11.4 Å². The number of hydrogen-bond donors (Lipinski definition) is 1. The molecule has 17 heavy (non-hydrogen) atoms. The summed E-state index contributed by atoms with van der Waals surface area (Å²) in [5.41, 5.74) is 1.80. The van der Waals surface area contributed by atoms with Gasteiger partial charge in [0.15, 0.2) is 0 Å². The van der Waals surface area contributed by atoms with E-state index in [1.54, 1.807) is 4.88 Å². The summed E-state index contributed by atoms with van der Waals surface area (Å²) in [6, 6.07) is 2.84. The first-order chi connectivity index (χ1) is 7.95. The van der Waals surface area contributed by atoms with Crippen molar-refractivity contribution >= 4 is 11.3 Å². The van der Waals surface area contributed by atoms with Crippen LogP contribution in [0.4, 0.5) is 0 Å². The highest BCUT2D eigenvalue weighted by molar-refractivity contribution is 7.10. The number of aryl methyl sites for hydroxylation is 2. The Labute approximate surface area is 111 Å². The summed E-state index contributed by atoms with van der Waals surface area (Å²) in [6.45, 7) is 12.6. The number of nitrogens with one attached hydrogen (secondary N) is 1. The number of hydrogen-bond acceptors (Lipinski definition) is 2. The van der Waals surface area contributed by atoms with Gasteiger partial charge in [-0.2, -0.15) is 0 Å². The summed E-state index contributed by atoms with van der Waals surface area (Å²) >= 11 is 1.90. The predicted molar refractivity (Wildman–Crippen MR) is 78.9 cm³/mol. The van der Waals surface area contributed by atoms with Gasteiger partial charge in [-0.25, -0.2) is 0 Å². The topological polar surface area (TPSA) is 12.0 Å². The van der Waals surface area contributed by atoms with Gasteiger partial charge in [0.05, 0.1) is 0 Å². The summed E-state index contributed by atoms with van der Waals surface area (Å²) in [5.74, 6) is 0. The highest BCUT2D eigenvalue weighted by atomic mass is 32.1. The minimum atomic E-state index is 0.348. The molecule has 1 aromatic rings. The first-order valence-electron chi connectivity index (χ1n) is 6.71. The van der Waals surface area contributed by atoms with Gasteiger partial charge in [-0.05, 0) is 55.2 Å². The van der Waals surface area contributed by atoms with E-state index in [9.17, 15) is 0 Å². The summed E-state index contributed by atoms with van der Waals surface area (Å²) in [4.78, 5) is 1.55. The Hall–Kier alpha value is -0.340. The molecule has 1 nitrogen and oxygen atoms in total. The lowest BCUT2D eigenvalue weighted by Gasteiger charge is -2.31. The molecule has 0 aliphatic rings. The molecule has 1 heterocycles. The van der Waals surface area contributed by atoms with Crippen molar-refractivity contribution in [2.45, 2.75) is 59.9 Å². The molecule has 0 aliphatic heterocycles. The van der Waals surface area contributed by atoms with E-state index in [4.69, 9.17) is 0 Å². The van der Waals surface area contributed by atoms with Crippen LogP contribution < -0.4 is 5.32 Å². The Morgan fingerprint density at radius 3 is 2.53 bits per heavy atom. The molecule has 0 fully saturated rings. The van der Waals surface area contributed by atoms with Crippen molar-refractivity contribution in [1.29, 1.82) is 0 Å². The third-order valence-electron chi connectivity index (χ3n) is 3.31. The molecule has 1 N–H and O–H groups in total. The molecule has 1 unspecified atom stereocenters. The smallest absolute Gasteiger partial charge is 0.0119 e. The summed E-state index contributed by atoms with van der Waals surface area (Å²) in [7, 11) is 0. The van der Waals surface area contributed by atoms with Gasteiger partial charge < -0.3 is 5.32 Å². The molecular weight excluding hydrogens is 226 g/mol. The third kappa shape index (κ3) is 4.81. The molecule has 1 atom stereocenters.